The minimum Gasteiger partial charge on any atom is -0.394 e. The molecule has 5 heavy (non-hydrogen) atoms. The zero-order valence-electron chi connectivity index (χ0n) is 2.56. The second kappa shape index (κ2) is 2.82. The lowest BCUT2D eigenvalue weighted by atomic mass is 10.9. The average molecular weight is 113 g/mol. The molecule has 0 fully saturated rings. The summed E-state index contributed by atoms with van der Waals surface area (Å²) in [6, 6.07) is 0. The Morgan fingerprint density at radius 1 is 2.00 bits per heavy atom. The monoisotopic (exact) mass is 112 g/mol. The van der Waals surface area contributed by atoms with Crippen molar-refractivity contribution in [3.63, 3.8) is 0 Å². The minimum atomic E-state index is -0.394. The molecular weight excluding hydrogens is 108 g/mol. The Morgan fingerprint density at radius 2 is 2.20 bits per heavy atom. The largest absolute Gasteiger partial charge is 0.394 e. The lowest BCUT2D eigenvalue weighted by Gasteiger charge is -1.86. The van der Waals surface area contributed by atoms with E-state index in [1.165, 1.54) is 0 Å². The number of halogens is 1. The van der Waals surface area contributed by atoms with Crippen molar-refractivity contribution in [2.24, 2.45) is 0 Å². The molecule has 0 aliphatic heterocycles. The van der Waals surface area contributed by atoms with Crippen LogP contribution in [0.2, 0.25) is 0 Å². The maximum Gasteiger partial charge on any atom is 0.0990 e. The van der Waals surface area contributed by atoms with E-state index in [1.807, 2.05) is 0 Å². The van der Waals surface area contributed by atoms with Crippen LogP contribution in [0, 0.1) is 0 Å². The van der Waals surface area contributed by atoms with E-state index in [4.69, 9.17) is 16.7 Å². The van der Waals surface area contributed by atoms with Crippen LogP contribution in [0.4, 0.5) is 0 Å². The lowest BCUT2D eigenvalue weighted by Crippen LogP contribution is -1.90. The number of thiol groups is 1. The lowest BCUT2D eigenvalue weighted by molar-refractivity contribution is 0.315. The first-order chi connectivity index (χ1) is 2.27. The third-order valence-electron chi connectivity index (χ3n) is 0.151. The van der Waals surface area contributed by atoms with Crippen molar-refractivity contribution in [3.05, 3.63) is 0 Å². The van der Waals surface area contributed by atoms with Crippen LogP contribution in [0.3, 0.4) is 0 Å². The highest BCUT2D eigenvalue weighted by Gasteiger charge is 1.85. The van der Waals surface area contributed by atoms with E-state index in [0.29, 0.717) is 0 Å². The predicted octanol–water partition coefficient (Wildman–Crippen LogP) is 0.473. The molecule has 0 saturated heterocycles. The molecule has 0 aromatic rings. The fourth-order valence-electron chi connectivity index (χ4n) is 0. The second-order valence-corrected chi connectivity index (χ2v) is 2.07. The zero-order chi connectivity index (χ0) is 4.28. The molecule has 0 rings (SSSR count). The predicted molar refractivity (Wildman–Crippen MR) is 25.7 cm³/mol. The molecule has 0 aromatic heterocycles. The van der Waals surface area contributed by atoms with Crippen LogP contribution in [0.5, 0.6) is 0 Å². The van der Waals surface area contributed by atoms with Gasteiger partial charge < -0.3 is 5.11 Å². The highest BCUT2D eigenvalue weighted by molar-refractivity contribution is 7.82. The molecule has 32 valence electrons. The molecule has 0 aromatic carbocycles. The van der Waals surface area contributed by atoms with E-state index in [0.717, 1.165) is 0 Å². The van der Waals surface area contributed by atoms with Gasteiger partial charge in [0.2, 0.25) is 0 Å². The third-order valence-corrected chi connectivity index (χ3v) is 0.452. The van der Waals surface area contributed by atoms with Crippen LogP contribution >= 0.6 is 24.2 Å². The topological polar surface area (TPSA) is 20.2 Å². The molecule has 0 spiro atoms. The molecule has 1 nitrogen and oxygen atoms in total. The van der Waals surface area contributed by atoms with Gasteiger partial charge in [0.1, 0.15) is 0 Å². The van der Waals surface area contributed by atoms with Crippen molar-refractivity contribution >= 4 is 24.2 Å². The van der Waals surface area contributed by atoms with Crippen LogP contribution in [-0.4, -0.2) is 16.4 Å². The quantitative estimate of drug-likeness (QED) is 0.373. The maximum atomic E-state index is 7.94. The van der Waals surface area contributed by atoms with Gasteiger partial charge in [-0.2, -0.15) is 12.6 Å². The molecule has 0 saturated carbocycles. The Hall–Kier alpha value is 0.600. The number of alkyl halides is 1. The van der Waals surface area contributed by atoms with E-state index < -0.39 is 4.71 Å². The van der Waals surface area contributed by atoms with Gasteiger partial charge in [0.25, 0.3) is 0 Å². The van der Waals surface area contributed by atoms with Gasteiger partial charge in [0, 0.05) is 0 Å². The van der Waals surface area contributed by atoms with Crippen LogP contribution in [0.1, 0.15) is 0 Å². The van der Waals surface area contributed by atoms with Gasteiger partial charge >= 0.3 is 0 Å². The Kier molecular flexibility index (Phi) is 3.16. The molecule has 1 atom stereocenters. The first-order valence-electron chi connectivity index (χ1n) is 1.20. The normalized spacial score (nSPS) is 15.0. The first-order valence-corrected chi connectivity index (χ1v) is 2.15. The smallest absolute Gasteiger partial charge is 0.0990 e. The van der Waals surface area contributed by atoms with E-state index in [-0.39, 0.29) is 6.61 Å². The molecule has 0 heterocycles. The molecule has 1 unspecified atom stereocenters. The van der Waals surface area contributed by atoms with Crippen molar-refractivity contribution in [1.29, 1.82) is 0 Å². The molecular formula is C2H5ClOS. The van der Waals surface area contributed by atoms with Gasteiger partial charge in [-0.1, -0.05) is 0 Å². The SMILES string of the molecule is OCC(S)Cl. The molecule has 0 aliphatic carbocycles. The first kappa shape index (κ1) is 5.60. The number of rotatable bonds is 1. The van der Waals surface area contributed by atoms with Crippen LogP contribution in [0.25, 0.3) is 0 Å². The van der Waals surface area contributed by atoms with Crippen molar-refractivity contribution in [2.75, 3.05) is 6.61 Å². The minimum absolute atomic E-state index is 0.0648. The van der Waals surface area contributed by atoms with Gasteiger partial charge in [0.15, 0.2) is 0 Å². The summed E-state index contributed by atoms with van der Waals surface area (Å²) in [7, 11) is 0. The molecule has 1 N–H and O–H groups in total. The summed E-state index contributed by atoms with van der Waals surface area (Å²) in [5, 5.41) is 7.94. The van der Waals surface area contributed by atoms with Crippen molar-refractivity contribution in [1.82, 2.24) is 0 Å². The Balaban J connectivity index is 2.54. The standard InChI is InChI=1S/C2H5ClOS/c3-2(5)1-4/h2,4-5H,1H2. The Bertz CT molecular complexity index is 23.6. The summed E-state index contributed by atoms with van der Waals surface area (Å²) in [4.78, 5) is 0. The fraction of sp³-hybridized carbons (Fsp3) is 1.00. The molecule has 0 aliphatic rings. The van der Waals surface area contributed by atoms with Gasteiger partial charge in [-0.05, 0) is 0 Å². The highest BCUT2D eigenvalue weighted by Crippen LogP contribution is 1.95. The summed E-state index contributed by atoms with van der Waals surface area (Å²) in [5.74, 6) is 0. The molecule has 0 bridgehead atoms. The molecule has 0 amide bonds. The Morgan fingerprint density at radius 3 is 2.20 bits per heavy atom. The molecule has 0 radical (unpaired) electrons. The summed E-state index contributed by atoms with van der Waals surface area (Å²) >= 11 is 8.69. The fourth-order valence-corrected chi connectivity index (χ4v) is 0. The van der Waals surface area contributed by atoms with Crippen molar-refractivity contribution in [3.8, 4) is 0 Å². The Labute approximate surface area is 41.4 Å². The van der Waals surface area contributed by atoms with Crippen LogP contribution in [-0.2, 0) is 0 Å². The summed E-state index contributed by atoms with van der Waals surface area (Å²) < 4.78 is -0.394. The van der Waals surface area contributed by atoms with Crippen LogP contribution < -0.4 is 0 Å². The van der Waals surface area contributed by atoms with E-state index in [9.17, 15) is 0 Å². The van der Waals surface area contributed by atoms with Gasteiger partial charge in [-0.25, -0.2) is 0 Å². The van der Waals surface area contributed by atoms with E-state index >= 15 is 0 Å². The zero-order valence-corrected chi connectivity index (χ0v) is 4.21. The highest BCUT2D eigenvalue weighted by atomic mass is 35.5. The third kappa shape index (κ3) is 4.60. The van der Waals surface area contributed by atoms with Gasteiger partial charge in [0.05, 0.1) is 11.3 Å². The van der Waals surface area contributed by atoms with Gasteiger partial charge in [-0.3, -0.25) is 0 Å². The number of hydrogen-bond acceptors (Lipinski definition) is 2. The molecule has 3 heteroatoms. The number of aliphatic hydroxyl groups excluding tert-OH is 1. The maximum absolute atomic E-state index is 7.94. The van der Waals surface area contributed by atoms with E-state index in [1.54, 1.807) is 0 Å². The summed E-state index contributed by atoms with van der Waals surface area (Å²) in [5.41, 5.74) is 0. The summed E-state index contributed by atoms with van der Waals surface area (Å²) in [6.07, 6.45) is 0. The van der Waals surface area contributed by atoms with Crippen molar-refractivity contribution < 1.29 is 5.11 Å². The average Bonchev–Trinajstić information content (AvgIpc) is 1.38. The number of hydrogen-bond donors (Lipinski definition) is 2. The number of aliphatic hydroxyl groups is 1. The van der Waals surface area contributed by atoms with Crippen LogP contribution in [0.15, 0.2) is 0 Å². The van der Waals surface area contributed by atoms with Crippen molar-refractivity contribution in [2.45, 2.75) is 4.71 Å². The van der Waals surface area contributed by atoms with E-state index in [2.05, 4.69) is 12.6 Å². The second-order valence-electron chi connectivity index (χ2n) is 0.617. The van der Waals surface area contributed by atoms with Gasteiger partial charge in [-0.15, -0.1) is 11.6 Å². The summed E-state index contributed by atoms with van der Waals surface area (Å²) in [6.45, 7) is -0.0648.